The van der Waals surface area contributed by atoms with Crippen LogP contribution in [0.5, 0.6) is 0 Å². The van der Waals surface area contributed by atoms with Gasteiger partial charge in [-0.15, -0.1) is 0 Å². The Labute approximate surface area is 394 Å². The van der Waals surface area contributed by atoms with Gasteiger partial charge in [0.05, 0.1) is 13.2 Å². The lowest BCUT2D eigenvalue weighted by Crippen LogP contribution is -2.47. The fraction of sp³-hybridized carbons (Fsp3) is 0.891. The number of hydrogen-bond donors (Lipinski definition) is 4. The molecule has 0 heterocycles. The monoisotopic (exact) mass is 905 g/mol. The summed E-state index contributed by atoms with van der Waals surface area (Å²) in [5.41, 5.74) is 0. The normalized spacial score (nSPS) is 12.4. The van der Waals surface area contributed by atoms with Gasteiger partial charge in [0.15, 0.2) is 0 Å². The summed E-state index contributed by atoms with van der Waals surface area (Å²) >= 11 is 0. The van der Waals surface area contributed by atoms with Crippen LogP contribution in [0, 0.1) is 0 Å². The van der Waals surface area contributed by atoms with E-state index < -0.39 is 24.5 Å². The zero-order valence-corrected chi connectivity index (χ0v) is 42.1. The van der Waals surface area contributed by atoms with Crippen molar-refractivity contribution in [3.05, 3.63) is 12.2 Å². The lowest BCUT2D eigenvalue weighted by molar-refractivity contribution is -0.150. The Morgan fingerprint density at radius 2 is 0.797 bits per heavy atom. The van der Waals surface area contributed by atoms with Crippen LogP contribution < -0.4 is 10.6 Å². The highest BCUT2D eigenvalue weighted by atomic mass is 16.5. The number of aliphatic hydroxyl groups is 1. The number of unbranched alkanes of at least 4 members (excludes halogenated alkanes) is 35. The molecule has 0 aromatic heterocycles. The van der Waals surface area contributed by atoms with Crippen LogP contribution in [0.4, 0.5) is 0 Å². The van der Waals surface area contributed by atoms with Crippen molar-refractivity contribution < 1.29 is 34.1 Å². The molecule has 64 heavy (non-hydrogen) atoms. The van der Waals surface area contributed by atoms with Gasteiger partial charge in [0.25, 0.3) is 0 Å². The van der Waals surface area contributed by atoms with Gasteiger partial charge < -0.3 is 25.6 Å². The molecule has 9 heteroatoms. The van der Waals surface area contributed by atoms with Crippen molar-refractivity contribution in [3.63, 3.8) is 0 Å². The number of aliphatic hydroxyl groups excluding tert-OH is 1. The van der Waals surface area contributed by atoms with Crippen molar-refractivity contribution in [2.75, 3.05) is 13.2 Å². The molecule has 2 atom stereocenters. The van der Waals surface area contributed by atoms with E-state index >= 15 is 0 Å². The van der Waals surface area contributed by atoms with Crippen molar-refractivity contribution in [2.45, 2.75) is 302 Å². The molecule has 0 aromatic carbocycles. The second-order valence-electron chi connectivity index (χ2n) is 19.0. The maximum Gasteiger partial charge on any atom is 0.328 e. The van der Waals surface area contributed by atoms with E-state index in [0.29, 0.717) is 19.3 Å². The SMILES string of the molecule is CCCCCCCCCC/C=C\CCCCCC(CCCCCCCC(=O)NCC(=O)NC(CO)C(=O)O)OC(=O)CCCCCCCCCCCCCCCCCCCCCCC. The zero-order chi connectivity index (χ0) is 46.8. The molecule has 0 aromatic rings. The van der Waals surface area contributed by atoms with Crippen LogP contribution in [0.25, 0.3) is 0 Å². The van der Waals surface area contributed by atoms with Gasteiger partial charge in [0.1, 0.15) is 12.1 Å². The number of carbonyl (C=O) groups is 4. The lowest BCUT2D eigenvalue weighted by Gasteiger charge is -2.18. The van der Waals surface area contributed by atoms with Crippen LogP contribution >= 0.6 is 0 Å². The smallest absolute Gasteiger partial charge is 0.328 e. The van der Waals surface area contributed by atoms with Gasteiger partial charge in [-0.05, 0) is 64.2 Å². The van der Waals surface area contributed by atoms with Crippen LogP contribution in [-0.4, -0.2) is 59.3 Å². The zero-order valence-electron chi connectivity index (χ0n) is 42.1. The predicted octanol–water partition coefficient (Wildman–Crippen LogP) is 14.9. The van der Waals surface area contributed by atoms with Crippen LogP contribution in [0.2, 0.25) is 0 Å². The minimum Gasteiger partial charge on any atom is -0.480 e. The number of nitrogens with one attached hydrogen (secondary N) is 2. The second-order valence-corrected chi connectivity index (χ2v) is 19.0. The first kappa shape index (κ1) is 61.6. The molecule has 9 nitrogen and oxygen atoms in total. The highest BCUT2D eigenvalue weighted by Gasteiger charge is 2.19. The third kappa shape index (κ3) is 46.1. The third-order valence-corrected chi connectivity index (χ3v) is 12.8. The number of esters is 1. The largest absolute Gasteiger partial charge is 0.480 e. The van der Waals surface area contributed by atoms with Crippen LogP contribution in [0.15, 0.2) is 12.2 Å². The number of carbonyl (C=O) groups excluding carboxylic acids is 3. The number of hydrogen-bond acceptors (Lipinski definition) is 6. The average molecular weight is 905 g/mol. The first-order chi connectivity index (χ1) is 31.3. The number of allylic oxidation sites excluding steroid dienone is 2. The first-order valence-electron chi connectivity index (χ1n) is 27.6. The highest BCUT2D eigenvalue weighted by Crippen LogP contribution is 2.19. The Hall–Kier alpha value is -2.42. The lowest BCUT2D eigenvalue weighted by atomic mass is 10.0. The Bertz CT molecular complexity index is 1080. The molecular formula is C55H104N2O7. The van der Waals surface area contributed by atoms with Crippen LogP contribution in [0.1, 0.15) is 290 Å². The highest BCUT2D eigenvalue weighted by molar-refractivity contribution is 5.87. The number of ether oxygens (including phenoxy) is 1. The molecule has 0 fully saturated rings. The minimum absolute atomic E-state index is 0.0246. The molecule has 0 spiro atoms. The molecule has 0 aliphatic heterocycles. The second kappa shape index (κ2) is 50.0. The molecule has 4 N–H and O–H groups in total. The first-order valence-corrected chi connectivity index (χ1v) is 27.6. The van der Waals surface area contributed by atoms with Gasteiger partial charge in [-0.3, -0.25) is 14.4 Å². The van der Waals surface area contributed by atoms with E-state index in [1.165, 1.54) is 186 Å². The van der Waals surface area contributed by atoms with Gasteiger partial charge in [0, 0.05) is 12.8 Å². The van der Waals surface area contributed by atoms with E-state index in [1.807, 2.05) is 0 Å². The molecule has 0 aliphatic carbocycles. The summed E-state index contributed by atoms with van der Waals surface area (Å²) in [6.07, 6.45) is 56.9. The van der Waals surface area contributed by atoms with Crippen molar-refractivity contribution in [3.8, 4) is 0 Å². The van der Waals surface area contributed by atoms with Gasteiger partial charge in [0.2, 0.25) is 11.8 Å². The molecule has 2 unspecified atom stereocenters. The summed E-state index contributed by atoms with van der Waals surface area (Å²) in [4.78, 5) is 47.9. The fourth-order valence-corrected chi connectivity index (χ4v) is 8.54. The molecule has 0 rings (SSSR count). The van der Waals surface area contributed by atoms with Gasteiger partial charge in [-0.2, -0.15) is 0 Å². The fourth-order valence-electron chi connectivity index (χ4n) is 8.54. The van der Waals surface area contributed by atoms with Crippen LogP contribution in [0.3, 0.4) is 0 Å². The number of aliphatic carboxylic acids is 1. The predicted molar refractivity (Wildman–Crippen MR) is 269 cm³/mol. The molecule has 0 bridgehead atoms. The Morgan fingerprint density at radius 3 is 1.19 bits per heavy atom. The quantitative estimate of drug-likeness (QED) is 0.0270. The van der Waals surface area contributed by atoms with Gasteiger partial charge in [-0.25, -0.2) is 4.79 Å². The van der Waals surface area contributed by atoms with E-state index in [4.69, 9.17) is 14.9 Å². The summed E-state index contributed by atoms with van der Waals surface area (Å²) in [6.45, 7) is 3.53. The van der Waals surface area contributed by atoms with E-state index in [2.05, 4.69) is 36.6 Å². The number of amides is 2. The Morgan fingerprint density at radius 1 is 0.453 bits per heavy atom. The van der Waals surface area contributed by atoms with E-state index in [1.54, 1.807) is 0 Å². The van der Waals surface area contributed by atoms with Crippen LogP contribution in [-0.2, 0) is 23.9 Å². The maximum absolute atomic E-state index is 12.9. The van der Waals surface area contributed by atoms with Crippen molar-refractivity contribution in [1.29, 1.82) is 0 Å². The number of carboxylic acids is 1. The number of carboxylic acid groups (broad SMARTS) is 1. The molecule has 376 valence electrons. The molecule has 2 amide bonds. The van der Waals surface area contributed by atoms with E-state index in [9.17, 15) is 19.2 Å². The summed E-state index contributed by atoms with van der Waals surface area (Å²) < 4.78 is 6.08. The van der Waals surface area contributed by atoms with Crippen molar-refractivity contribution >= 4 is 23.8 Å². The Kier molecular flexibility index (Phi) is 48.1. The van der Waals surface area contributed by atoms with Crippen molar-refractivity contribution in [2.24, 2.45) is 0 Å². The summed E-state index contributed by atoms with van der Waals surface area (Å²) in [7, 11) is 0. The standard InChI is InChI=1S/C55H104N2O7/c1-3-5-7-9-11-13-15-17-19-20-21-22-23-24-26-28-30-32-34-39-43-47-54(61)64-50(44-40-36-33-31-29-27-25-18-16-14-12-10-8-6-4-2)45-41-37-35-38-42-46-52(59)56-48-53(60)57-51(49-58)55(62)63/h27,29,50-51,58H,3-26,28,30-49H2,1-2H3,(H,56,59)(H,57,60)(H,62,63)/b29-27-. The minimum atomic E-state index is -1.38. The summed E-state index contributed by atoms with van der Waals surface area (Å²) in [5, 5.41) is 22.7. The third-order valence-electron chi connectivity index (χ3n) is 12.8. The topological polar surface area (TPSA) is 142 Å². The van der Waals surface area contributed by atoms with Gasteiger partial charge >= 0.3 is 11.9 Å². The van der Waals surface area contributed by atoms with Crippen molar-refractivity contribution in [1.82, 2.24) is 10.6 Å². The van der Waals surface area contributed by atoms with E-state index in [0.717, 1.165) is 70.6 Å². The van der Waals surface area contributed by atoms with Gasteiger partial charge in [-0.1, -0.05) is 225 Å². The van der Waals surface area contributed by atoms with E-state index in [-0.39, 0.29) is 24.5 Å². The summed E-state index contributed by atoms with van der Waals surface area (Å²) in [6, 6.07) is -1.38. The molecular weight excluding hydrogens is 801 g/mol. The molecule has 0 saturated heterocycles. The maximum atomic E-state index is 12.9. The molecule has 0 aliphatic rings. The number of rotatable bonds is 51. The molecule has 0 saturated carbocycles. The molecule has 0 radical (unpaired) electrons. The average Bonchev–Trinajstić information content (AvgIpc) is 3.28. The Balaban J connectivity index is 4.24. The summed E-state index contributed by atoms with van der Waals surface area (Å²) in [5.74, 6) is -2.28.